The number of halogens is 1. The van der Waals surface area contributed by atoms with Gasteiger partial charge in [-0.3, -0.25) is 9.36 Å². The minimum atomic E-state index is -0.322. The number of rotatable bonds is 5. The predicted molar refractivity (Wildman–Crippen MR) is 109 cm³/mol. The normalized spacial score (nSPS) is 11.0. The number of carbonyl (C=O) groups excluding carboxylic acids is 1. The molecule has 4 nitrogen and oxygen atoms in total. The van der Waals surface area contributed by atoms with Crippen molar-refractivity contribution in [1.29, 1.82) is 0 Å². The first-order valence-electron chi connectivity index (χ1n) is 8.71. The fourth-order valence-corrected chi connectivity index (χ4v) is 3.54. The largest absolute Gasteiger partial charge is 0.320 e. The van der Waals surface area contributed by atoms with Crippen LogP contribution in [0, 0.1) is 12.7 Å². The van der Waals surface area contributed by atoms with Gasteiger partial charge in [-0.25, -0.2) is 9.37 Å². The summed E-state index contributed by atoms with van der Waals surface area (Å²) in [6, 6.07) is 12.0. The van der Waals surface area contributed by atoms with Crippen molar-refractivity contribution in [3.8, 4) is 5.69 Å². The Morgan fingerprint density at radius 3 is 2.52 bits per heavy atom. The number of anilines is 1. The summed E-state index contributed by atoms with van der Waals surface area (Å²) in [5.74, 6) is -0.288. The van der Waals surface area contributed by atoms with Crippen LogP contribution in [0.4, 0.5) is 10.1 Å². The number of hydrogen-bond donors (Lipinski definition) is 1. The molecule has 1 aromatic heterocycles. The van der Waals surface area contributed by atoms with Gasteiger partial charge in [0.2, 0.25) is 0 Å². The minimum Gasteiger partial charge on any atom is -0.320 e. The fraction of sp³-hybridized carbons (Fsp3) is 0.238. The van der Waals surface area contributed by atoms with Gasteiger partial charge in [-0.1, -0.05) is 43.8 Å². The summed E-state index contributed by atoms with van der Waals surface area (Å²) < 4.78 is 15.1. The van der Waals surface area contributed by atoms with E-state index in [0.717, 1.165) is 16.8 Å². The Kier molecular flexibility index (Phi) is 5.65. The number of benzene rings is 2. The molecule has 0 radical (unpaired) electrons. The first kappa shape index (κ1) is 19.2. The number of imidazole rings is 1. The van der Waals surface area contributed by atoms with Gasteiger partial charge in [-0.2, -0.15) is 0 Å². The molecule has 140 valence electrons. The van der Waals surface area contributed by atoms with Gasteiger partial charge >= 0.3 is 0 Å². The molecule has 0 saturated carbocycles. The van der Waals surface area contributed by atoms with Crippen LogP contribution in [0.1, 0.15) is 41.4 Å². The Balaban J connectivity index is 2.02. The van der Waals surface area contributed by atoms with Crippen LogP contribution in [0.3, 0.4) is 0 Å². The molecule has 6 heteroatoms. The minimum absolute atomic E-state index is 0.247. The molecular weight excluding hydrogens is 361 g/mol. The van der Waals surface area contributed by atoms with Gasteiger partial charge < -0.3 is 5.32 Å². The lowest BCUT2D eigenvalue weighted by molar-refractivity contribution is 0.102. The van der Waals surface area contributed by atoms with Crippen molar-refractivity contribution in [3.63, 3.8) is 0 Å². The number of hydrogen-bond acceptors (Lipinski definition) is 3. The number of carbonyl (C=O) groups is 1. The van der Waals surface area contributed by atoms with E-state index in [1.165, 1.54) is 23.9 Å². The third-order valence-electron chi connectivity index (χ3n) is 4.40. The highest BCUT2D eigenvalue weighted by Gasteiger charge is 2.20. The van der Waals surface area contributed by atoms with Crippen LogP contribution in [0.2, 0.25) is 0 Å². The molecule has 2 aromatic carbocycles. The maximum absolute atomic E-state index is 13.3. The molecule has 0 saturated heterocycles. The summed E-state index contributed by atoms with van der Waals surface area (Å²) in [7, 11) is 0. The molecule has 1 amide bonds. The summed E-state index contributed by atoms with van der Waals surface area (Å²) in [6.45, 7) is 6.17. The molecule has 0 spiro atoms. The van der Waals surface area contributed by atoms with Crippen LogP contribution in [0.5, 0.6) is 0 Å². The average molecular weight is 383 g/mol. The zero-order valence-electron chi connectivity index (χ0n) is 15.8. The second-order valence-corrected chi connectivity index (χ2v) is 7.36. The zero-order valence-corrected chi connectivity index (χ0v) is 16.6. The second kappa shape index (κ2) is 7.96. The van der Waals surface area contributed by atoms with Crippen LogP contribution in [0.15, 0.2) is 53.8 Å². The summed E-state index contributed by atoms with van der Waals surface area (Å²) in [4.78, 5) is 17.4. The van der Waals surface area contributed by atoms with Gasteiger partial charge in [0.05, 0.1) is 6.20 Å². The van der Waals surface area contributed by atoms with E-state index in [1.54, 1.807) is 22.9 Å². The van der Waals surface area contributed by atoms with Gasteiger partial charge in [0.1, 0.15) is 11.5 Å². The smallest absolute Gasteiger partial charge is 0.274 e. The number of para-hydroxylation sites is 1. The second-order valence-electron chi connectivity index (χ2n) is 6.59. The predicted octanol–water partition coefficient (Wildman–Crippen LogP) is 5.42. The molecule has 0 unspecified atom stereocenters. The highest BCUT2D eigenvalue weighted by Crippen LogP contribution is 2.29. The molecule has 27 heavy (non-hydrogen) atoms. The van der Waals surface area contributed by atoms with E-state index in [0.29, 0.717) is 16.5 Å². The quantitative estimate of drug-likeness (QED) is 0.599. The van der Waals surface area contributed by atoms with Crippen molar-refractivity contribution >= 4 is 23.4 Å². The van der Waals surface area contributed by atoms with Gasteiger partial charge in [0, 0.05) is 11.4 Å². The number of nitrogens with zero attached hydrogens (tertiary/aromatic N) is 2. The zero-order chi connectivity index (χ0) is 19.6. The Morgan fingerprint density at radius 2 is 1.89 bits per heavy atom. The van der Waals surface area contributed by atoms with Crippen LogP contribution < -0.4 is 5.32 Å². The van der Waals surface area contributed by atoms with E-state index < -0.39 is 0 Å². The van der Waals surface area contributed by atoms with E-state index in [-0.39, 0.29) is 17.6 Å². The van der Waals surface area contributed by atoms with Gasteiger partial charge in [0.25, 0.3) is 5.91 Å². The molecule has 1 heterocycles. The lowest BCUT2D eigenvalue weighted by Crippen LogP contribution is -2.18. The monoisotopic (exact) mass is 383 g/mol. The summed E-state index contributed by atoms with van der Waals surface area (Å²) in [5, 5.41) is 3.72. The van der Waals surface area contributed by atoms with Gasteiger partial charge in [0.15, 0.2) is 5.16 Å². The van der Waals surface area contributed by atoms with Crippen molar-refractivity contribution in [2.24, 2.45) is 0 Å². The van der Waals surface area contributed by atoms with Crippen molar-refractivity contribution in [2.45, 2.75) is 31.8 Å². The lowest BCUT2D eigenvalue weighted by Gasteiger charge is -2.17. The topological polar surface area (TPSA) is 46.9 Å². The SMILES string of the molecule is CSc1ncc(C(=O)Nc2c(C)cccc2C(C)C)n1-c1ccc(F)cc1. The first-order chi connectivity index (χ1) is 12.9. The number of thioether (sulfide) groups is 1. The Morgan fingerprint density at radius 1 is 1.19 bits per heavy atom. The lowest BCUT2D eigenvalue weighted by atomic mass is 9.98. The summed E-state index contributed by atoms with van der Waals surface area (Å²) >= 11 is 1.43. The molecule has 3 rings (SSSR count). The highest BCUT2D eigenvalue weighted by molar-refractivity contribution is 7.98. The average Bonchev–Trinajstić information content (AvgIpc) is 3.08. The molecule has 0 fully saturated rings. The van der Waals surface area contributed by atoms with E-state index in [2.05, 4.69) is 24.1 Å². The van der Waals surface area contributed by atoms with E-state index in [4.69, 9.17) is 0 Å². The fourth-order valence-electron chi connectivity index (χ4n) is 3.00. The van der Waals surface area contributed by atoms with Crippen LogP contribution in [-0.2, 0) is 0 Å². The molecule has 3 aromatic rings. The van der Waals surface area contributed by atoms with Crippen molar-refractivity contribution in [2.75, 3.05) is 11.6 Å². The highest BCUT2D eigenvalue weighted by atomic mass is 32.2. The molecule has 0 aliphatic carbocycles. The number of aryl methyl sites for hydroxylation is 1. The van der Waals surface area contributed by atoms with E-state index in [1.807, 2.05) is 31.4 Å². The first-order valence-corrected chi connectivity index (χ1v) is 9.93. The Bertz CT molecular complexity index is 964. The van der Waals surface area contributed by atoms with E-state index >= 15 is 0 Å². The van der Waals surface area contributed by atoms with Gasteiger partial charge in [-0.15, -0.1) is 0 Å². The molecule has 0 aliphatic rings. The summed E-state index contributed by atoms with van der Waals surface area (Å²) in [5.41, 5.74) is 4.02. The van der Waals surface area contributed by atoms with Gasteiger partial charge in [-0.05, 0) is 54.5 Å². The molecule has 0 bridgehead atoms. The number of amides is 1. The third-order valence-corrected chi connectivity index (χ3v) is 5.05. The molecule has 0 atom stereocenters. The number of aromatic nitrogens is 2. The van der Waals surface area contributed by atoms with Crippen LogP contribution >= 0.6 is 11.8 Å². The Hall–Kier alpha value is -2.60. The van der Waals surface area contributed by atoms with Crippen LogP contribution in [-0.4, -0.2) is 21.7 Å². The molecule has 0 aliphatic heterocycles. The van der Waals surface area contributed by atoms with Crippen molar-refractivity contribution in [3.05, 3.63) is 71.3 Å². The maximum atomic E-state index is 13.3. The molecular formula is C21H22FN3OS. The maximum Gasteiger partial charge on any atom is 0.274 e. The van der Waals surface area contributed by atoms with Crippen molar-refractivity contribution < 1.29 is 9.18 Å². The molecule has 1 N–H and O–H groups in total. The third kappa shape index (κ3) is 3.90. The summed E-state index contributed by atoms with van der Waals surface area (Å²) in [6.07, 6.45) is 3.44. The van der Waals surface area contributed by atoms with Crippen LogP contribution in [0.25, 0.3) is 5.69 Å². The standard InChI is InChI=1S/C21H22FN3OS/c1-13(2)17-7-5-6-14(3)19(17)24-20(26)18-12-23-21(27-4)25(18)16-10-8-15(22)9-11-16/h5-13H,1-4H3,(H,24,26). The van der Waals surface area contributed by atoms with E-state index in [9.17, 15) is 9.18 Å². The van der Waals surface area contributed by atoms with Crippen molar-refractivity contribution in [1.82, 2.24) is 9.55 Å². The number of nitrogens with one attached hydrogen (secondary N) is 1. The Labute approximate surface area is 162 Å².